The zero-order valence-electron chi connectivity index (χ0n) is 11.1. The third-order valence-electron chi connectivity index (χ3n) is 3.69. The zero-order chi connectivity index (χ0) is 13.5. The first-order valence-electron chi connectivity index (χ1n) is 6.39. The molecule has 1 aliphatic rings. The molecule has 2 aromatic rings. The maximum atomic E-state index is 13.0. The van der Waals surface area contributed by atoms with Gasteiger partial charge in [0.15, 0.2) is 0 Å². The largest absolute Gasteiger partial charge is 0.307 e. The van der Waals surface area contributed by atoms with Gasteiger partial charge in [-0.15, -0.1) is 0 Å². The Balaban J connectivity index is 2.02. The van der Waals surface area contributed by atoms with Crippen molar-refractivity contribution in [1.29, 1.82) is 0 Å². The van der Waals surface area contributed by atoms with Gasteiger partial charge in [0, 0.05) is 30.3 Å². The van der Waals surface area contributed by atoms with E-state index in [1.54, 1.807) is 12.1 Å². The van der Waals surface area contributed by atoms with Gasteiger partial charge in [0.1, 0.15) is 11.6 Å². The molecule has 0 amide bonds. The minimum absolute atomic E-state index is 0.223. The molecule has 19 heavy (non-hydrogen) atoms. The van der Waals surface area contributed by atoms with E-state index in [1.165, 1.54) is 17.7 Å². The van der Waals surface area contributed by atoms with E-state index in [0.717, 1.165) is 30.2 Å². The quantitative estimate of drug-likeness (QED) is 0.898. The second kappa shape index (κ2) is 4.38. The Morgan fingerprint density at radius 1 is 1.16 bits per heavy atom. The monoisotopic (exact) mass is 257 g/mol. The number of fused-ring (bicyclic) bond motifs is 1. The summed E-state index contributed by atoms with van der Waals surface area (Å²) in [4.78, 5) is 9.13. The first-order valence-corrected chi connectivity index (χ1v) is 6.39. The van der Waals surface area contributed by atoms with Crippen LogP contribution in [0.1, 0.15) is 36.5 Å². The highest BCUT2D eigenvalue weighted by atomic mass is 19.1. The normalized spacial score (nSPS) is 14.5. The van der Waals surface area contributed by atoms with E-state index >= 15 is 0 Å². The molecule has 4 heteroatoms. The average molecular weight is 257 g/mol. The molecule has 0 saturated heterocycles. The molecule has 0 aliphatic carbocycles. The van der Waals surface area contributed by atoms with Gasteiger partial charge in [-0.25, -0.2) is 14.4 Å². The van der Waals surface area contributed by atoms with Gasteiger partial charge in [-0.3, -0.25) is 0 Å². The molecule has 3 rings (SSSR count). The number of rotatable bonds is 2. The number of hydrogen-bond donors (Lipinski definition) is 1. The van der Waals surface area contributed by atoms with Crippen molar-refractivity contribution < 1.29 is 4.39 Å². The maximum absolute atomic E-state index is 13.0. The molecule has 0 atom stereocenters. The Labute approximate surface area is 111 Å². The van der Waals surface area contributed by atoms with Crippen LogP contribution in [-0.2, 0) is 18.5 Å². The Kier molecular flexibility index (Phi) is 2.82. The Hall–Kier alpha value is -1.81. The van der Waals surface area contributed by atoms with E-state index in [9.17, 15) is 4.39 Å². The first-order chi connectivity index (χ1) is 9.07. The molecule has 0 spiro atoms. The lowest BCUT2D eigenvalue weighted by Crippen LogP contribution is -2.23. The summed E-state index contributed by atoms with van der Waals surface area (Å²) in [5.41, 5.74) is 2.92. The summed E-state index contributed by atoms with van der Waals surface area (Å²) in [6.45, 7) is 5.76. The van der Waals surface area contributed by atoms with E-state index in [0.29, 0.717) is 0 Å². The summed E-state index contributed by atoms with van der Waals surface area (Å²) in [5.74, 6) is 0.556. The van der Waals surface area contributed by atoms with Gasteiger partial charge < -0.3 is 5.32 Å². The van der Waals surface area contributed by atoms with Crippen molar-refractivity contribution in [2.75, 3.05) is 0 Å². The van der Waals surface area contributed by atoms with Gasteiger partial charge in [-0.2, -0.15) is 0 Å². The third-order valence-corrected chi connectivity index (χ3v) is 3.69. The fourth-order valence-electron chi connectivity index (χ4n) is 2.36. The molecule has 0 bridgehead atoms. The van der Waals surface area contributed by atoms with Crippen LogP contribution in [0.3, 0.4) is 0 Å². The lowest BCUT2D eigenvalue weighted by atomic mass is 9.83. The fraction of sp³-hybridized carbons (Fsp3) is 0.333. The van der Waals surface area contributed by atoms with Crippen molar-refractivity contribution in [3.8, 4) is 0 Å². The van der Waals surface area contributed by atoms with Gasteiger partial charge in [-0.05, 0) is 31.5 Å². The summed E-state index contributed by atoms with van der Waals surface area (Å²) in [6.07, 6.45) is 1.89. The number of nitrogens with zero attached hydrogens (tertiary/aromatic N) is 2. The highest BCUT2D eigenvalue weighted by Crippen LogP contribution is 2.29. The SMILES string of the molecule is CC(C)(c1ccc(F)cc1)c1ncc2c(n1)CNC2. The number of aromatic nitrogens is 2. The molecule has 2 heterocycles. The van der Waals surface area contributed by atoms with E-state index in [4.69, 9.17) is 0 Å². The van der Waals surface area contributed by atoms with E-state index in [-0.39, 0.29) is 11.2 Å². The highest BCUT2D eigenvalue weighted by molar-refractivity contribution is 5.33. The maximum Gasteiger partial charge on any atom is 0.138 e. The molecule has 1 aromatic heterocycles. The minimum Gasteiger partial charge on any atom is -0.307 e. The molecule has 1 N–H and O–H groups in total. The van der Waals surface area contributed by atoms with Crippen LogP contribution in [0.4, 0.5) is 4.39 Å². The number of nitrogens with one attached hydrogen (secondary N) is 1. The van der Waals surface area contributed by atoms with Crippen LogP contribution in [0.25, 0.3) is 0 Å². The second-order valence-electron chi connectivity index (χ2n) is 5.40. The summed E-state index contributed by atoms with van der Waals surface area (Å²) < 4.78 is 13.0. The van der Waals surface area contributed by atoms with Crippen molar-refractivity contribution in [2.24, 2.45) is 0 Å². The van der Waals surface area contributed by atoms with E-state index in [2.05, 4.69) is 29.1 Å². The molecule has 1 aromatic carbocycles. The Morgan fingerprint density at radius 2 is 1.89 bits per heavy atom. The Bertz CT molecular complexity index is 605. The van der Waals surface area contributed by atoms with Crippen molar-refractivity contribution in [2.45, 2.75) is 32.4 Å². The summed E-state index contributed by atoms with van der Waals surface area (Å²) in [5, 5.41) is 3.26. The predicted octanol–water partition coefficient (Wildman–Crippen LogP) is 2.54. The molecule has 0 saturated carbocycles. The van der Waals surface area contributed by atoms with Gasteiger partial charge >= 0.3 is 0 Å². The summed E-state index contributed by atoms with van der Waals surface area (Å²) in [7, 11) is 0. The number of benzene rings is 1. The zero-order valence-corrected chi connectivity index (χ0v) is 11.1. The molecule has 0 unspecified atom stereocenters. The van der Waals surface area contributed by atoms with Crippen molar-refractivity contribution in [3.63, 3.8) is 0 Å². The lowest BCUT2D eigenvalue weighted by molar-refractivity contribution is 0.579. The van der Waals surface area contributed by atoms with Crippen molar-refractivity contribution >= 4 is 0 Å². The van der Waals surface area contributed by atoms with Crippen LogP contribution in [0, 0.1) is 5.82 Å². The van der Waals surface area contributed by atoms with E-state index in [1.807, 2.05) is 6.20 Å². The molecule has 98 valence electrons. The van der Waals surface area contributed by atoms with Gasteiger partial charge in [0.05, 0.1) is 5.69 Å². The molecule has 1 aliphatic heterocycles. The van der Waals surface area contributed by atoms with E-state index < -0.39 is 0 Å². The van der Waals surface area contributed by atoms with Crippen molar-refractivity contribution in [3.05, 3.63) is 58.9 Å². The van der Waals surface area contributed by atoms with Gasteiger partial charge in [-0.1, -0.05) is 12.1 Å². The van der Waals surface area contributed by atoms with Crippen LogP contribution in [0.15, 0.2) is 30.5 Å². The molecule has 0 radical (unpaired) electrons. The molecular weight excluding hydrogens is 241 g/mol. The minimum atomic E-state index is -0.328. The predicted molar refractivity (Wildman–Crippen MR) is 71.1 cm³/mol. The Morgan fingerprint density at radius 3 is 2.63 bits per heavy atom. The van der Waals surface area contributed by atoms with Crippen molar-refractivity contribution in [1.82, 2.24) is 15.3 Å². The summed E-state index contributed by atoms with van der Waals surface area (Å²) >= 11 is 0. The lowest BCUT2D eigenvalue weighted by Gasteiger charge is -2.24. The van der Waals surface area contributed by atoms with Crippen LogP contribution in [0.5, 0.6) is 0 Å². The second-order valence-corrected chi connectivity index (χ2v) is 5.40. The summed E-state index contributed by atoms with van der Waals surface area (Å²) in [6, 6.07) is 6.55. The van der Waals surface area contributed by atoms with Crippen LogP contribution in [0.2, 0.25) is 0 Å². The number of hydrogen-bond acceptors (Lipinski definition) is 3. The highest BCUT2D eigenvalue weighted by Gasteiger charge is 2.27. The molecule has 0 fully saturated rings. The van der Waals surface area contributed by atoms with Gasteiger partial charge in [0.2, 0.25) is 0 Å². The van der Waals surface area contributed by atoms with Crippen LogP contribution >= 0.6 is 0 Å². The first kappa shape index (κ1) is 12.2. The molecule has 3 nitrogen and oxygen atoms in total. The average Bonchev–Trinajstić information content (AvgIpc) is 2.86. The van der Waals surface area contributed by atoms with Crippen LogP contribution < -0.4 is 5.32 Å². The smallest absolute Gasteiger partial charge is 0.138 e. The fourth-order valence-corrected chi connectivity index (χ4v) is 2.36. The van der Waals surface area contributed by atoms with Gasteiger partial charge in [0.25, 0.3) is 0 Å². The topological polar surface area (TPSA) is 37.8 Å². The third kappa shape index (κ3) is 2.12. The molecular formula is C15H16FN3. The standard InChI is InChI=1S/C15H16FN3/c1-15(2,11-3-5-12(16)6-4-11)14-18-8-10-7-17-9-13(10)19-14/h3-6,8,17H,7,9H2,1-2H3. The number of halogens is 1. The van der Waals surface area contributed by atoms with Crippen LogP contribution in [-0.4, -0.2) is 9.97 Å².